The number of aliphatic hydroxyl groups excluding tert-OH is 1. The third-order valence-electron chi connectivity index (χ3n) is 4.26. The number of benzene rings is 1. The van der Waals surface area contributed by atoms with E-state index < -0.39 is 0 Å². The number of nitrogens with zero attached hydrogens (tertiary/aromatic N) is 2. The molecule has 3 aromatic rings. The fourth-order valence-electron chi connectivity index (χ4n) is 2.89. The molecule has 4 nitrogen and oxygen atoms in total. The first-order valence-corrected chi connectivity index (χ1v) is 10.3. The Morgan fingerprint density at radius 2 is 2.00 bits per heavy atom. The van der Waals surface area contributed by atoms with Gasteiger partial charge in [0, 0.05) is 16.9 Å². The predicted octanol–water partition coefficient (Wildman–Crippen LogP) is 5.33. The van der Waals surface area contributed by atoms with E-state index >= 15 is 0 Å². The molecule has 0 amide bonds. The van der Waals surface area contributed by atoms with Gasteiger partial charge in [0.2, 0.25) is 0 Å². The van der Waals surface area contributed by atoms with Crippen LogP contribution >= 0.6 is 34.3 Å². The maximum absolute atomic E-state index is 10.4. The highest BCUT2D eigenvalue weighted by Crippen LogP contribution is 2.33. The number of thiophene rings is 1. The third kappa shape index (κ3) is 3.40. The number of thiazole rings is 1. The monoisotopic (exact) mass is 401 g/mol. The number of hydrogen-bond donors (Lipinski definition) is 2. The van der Waals surface area contributed by atoms with Gasteiger partial charge in [-0.1, -0.05) is 29.8 Å². The molecule has 4 rings (SSSR count). The molecule has 7 heteroatoms. The Kier molecular flexibility index (Phi) is 4.80. The summed E-state index contributed by atoms with van der Waals surface area (Å²) < 4.78 is 0. The van der Waals surface area contributed by atoms with Crippen LogP contribution in [0.5, 0.6) is 0 Å². The van der Waals surface area contributed by atoms with Crippen molar-refractivity contribution < 1.29 is 5.11 Å². The highest BCUT2D eigenvalue weighted by Gasteiger charge is 2.30. The Bertz CT molecular complexity index is 961. The minimum Gasteiger partial charge on any atom is -0.510 e. The van der Waals surface area contributed by atoms with Crippen molar-refractivity contribution >= 4 is 45.7 Å². The summed E-state index contributed by atoms with van der Waals surface area (Å²) >= 11 is 9.02. The first kappa shape index (κ1) is 17.3. The van der Waals surface area contributed by atoms with Crippen LogP contribution in [0.2, 0.25) is 5.02 Å². The van der Waals surface area contributed by atoms with Gasteiger partial charge in [-0.3, -0.25) is 5.41 Å². The van der Waals surface area contributed by atoms with Gasteiger partial charge in [0.05, 0.1) is 22.7 Å². The Morgan fingerprint density at radius 1 is 1.19 bits per heavy atom. The summed E-state index contributed by atoms with van der Waals surface area (Å²) in [6.45, 7) is 1.02. The van der Waals surface area contributed by atoms with Crippen molar-refractivity contribution in [1.82, 2.24) is 9.88 Å². The van der Waals surface area contributed by atoms with Crippen LogP contribution in [0.4, 0.5) is 0 Å². The van der Waals surface area contributed by atoms with E-state index in [1.165, 1.54) is 11.3 Å². The van der Waals surface area contributed by atoms with Gasteiger partial charge in [-0.05, 0) is 35.6 Å². The molecule has 132 valence electrons. The number of aromatic nitrogens is 1. The quantitative estimate of drug-likeness (QED) is 0.607. The molecule has 0 aliphatic carbocycles. The summed E-state index contributed by atoms with van der Waals surface area (Å²) in [5.41, 5.74) is 2.60. The molecule has 0 saturated heterocycles. The van der Waals surface area contributed by atoms with Crippen LogP contribution in [0, 0.1) is 5.41 Å². The van der Waals surface area contributed by atoms with Crippen LogP contribution in [0.1, 0.15) is 10.6 Å². The minimum absolute atomic E-state index is 0.221. The molecule has 1 aromatic carbocycles. The standard InChI is InChI=1S/C19H16ClN3OS2/c20-13-5-3-12(4-6-13)7-8-23-10-15(24)17(18(23)21)19-22-14(11-26-19)16-2-1-9-25-16/h1-6,9,11,21,24H,7-8,10H2. The van der Waals surface area contributed by atoms with E-state index in [1.54, 1.807) is 11.3 Å². The lowest BCUT2D eigenvalue weighted by atomic mass is 10.1. The van der Waals surface area contributed by atoms with Crippen molar-refractivity contribution in [3.8, 4) is 10.6 Å². The minimum atomic E-state index is 0.221. The van der Waals surface area contributed by atoms with Crippen LogP contribution in [0.25, 0.3) is 16.1 Å². The second-order valence-corrected chi connectivity index (χ2v) is 8.23. The molecule has 0 spiro atoms. The van der Waals surface area contributed by atoms with E-state index in [2.05, 4.69) is 4.98 Å². The lowest BCUT2D eigenvalue weighted by molar-refractivity contribution is 0.351. The van der Waals surface area contributed by atoms with E-state index in [0.29, 0.717) is 29.5 Å². The average Bonchev–Trinajstić information content (AvgIpc) is 3.35. The molecule has 1 aliphatic rings. The molecule has 2 N–H and O–H groups in total. The van der Waals surface area contributed by atoms with Crippen molar-refractivity contribution in [3.05, 3.63) is 68.5 Å². The molecule has 0 radical (unpaired) electrons. The highest BCUT2D eigenvalue weighted by atomic mass is 35.5. The van der Waals surface area contributed by atoms with Gasteiger partial charge in [0.15, 0.2) is 0 Å². The molecule has 0 saturated carbocycles. The lowest BCUT2D eigenvalue weighted by Crippen LogP contribution is -2.28. The normalized spacial score (nSPS) is 14.5. The number of nitrogens with one attached hydrogen (secondary N) is 1. The first-order chi connectivity index (χ1) is 12.6. The van der Waals surface area contributed by atoms with E-state index in [9.17, 15) is 5.11 Å². The van der Waals surface area contributed by atoms with Crippen molar-refractivity contribution in [2.45, 2.75) is 6.42 Å². The van der Waals surface area contributed by atoms with E-state index in [-0.39, 0.29) is 5.76 Å². The van der Waals surface area contributed by atoms with Gasteiger partial charge in [-0.15, -0.1) is 22.7 Å². The molecular weight excluding hydrogens is 386 g/mol. The summed E-state index contributed by atoms with van der Waals surface area (Å²) in [4.78, 5) is 7.60. The number of aliphatic hydroxyl groups is 1. The van der Waals surface area contributed by atoms with Gasteiger partial charge in [0.1, 0.15) is 16.6 Å². The second kappa shape index (κ2) is 7.23. The van der Waals surface area contributed by atoms with E-state index in [0.717, 1.165) is 27.6 Å². The van der Waals surface area contributed by atoms with Crippen molar-refractivity contribution in [3.63, 3.8) is 0 Å². The van der Waals surface area contributed by atoms with Crippen LogP contribution in [0.3, 0.4) is 0 Å². The molecule has 1 aliphatic heterocycles. The van der Waals surface area contributed by atoms with Gasteiger partial charge < -0.3 is 10.0 Å². The molecule has 0 atom stereocenters. The highest BCUT2D eigenvalue weighted by molar-refractivity contribution is 7.14. The Morgan fingerprint density at radius 3 is 2.73 bits per heavy atom. The Hall–Kier alpha value is -2.15. The zero-order valence-electron chi connectivity index (χ0n) is 13.8. The summed E-state index contributed by atoms with van der Waals surface area (Å²) in [5.74, 6) is 0.557. The smallest absolute Gasteiger partial charge is 0.135 e. The van der Waals surface area contributed by atoms with Crippen molar-refractivity contribution in [2.24, 2.45) is 0 Å². The Balaban J connectivity index is 1.47. The maximum atomic E-state index is 10.4. The first-order valence-electron chi connectivity index (χ1n) is 8.12. The molecule has 0 bridgehead atoms. The SMILES string of the molecule is N=C1C(c2nc(-c3cccs3)cs2)=C(O)CN1CCc1ccc(Cl)cc1. The average molecular weight is 402 g/mol. The topological polar surface area (TPSA) is 60.2 Å². The molecule has 2 aromatic heterocycles. The van der Waals surface area contributed by atoms with Gasteiger partial charge in [0.25, 0.3) is 0 Å². The Labute approximate surface area is 164 Å². The largest absolute Gasteiger partial charge is 0.510 e. The summed E-state index contributed by atoms with van der Waals surface area (Å²) in [6.07, 6.45) is 0.790. The fourth-order valence-corrected chi connectivity index (χ4v) is 4.66. The zero-order valence-corrected chi connectivity index (χ0v) is 16.2. The van der Waals surface area contributed by atoms with Crippen LogP contribution in [0.15, 0.2) is 52.9 Å². The molecule has 0 fully saturated rings. The van der Waals surface area contributed by atoms with Gasteiger partial charge in [-0.2, -0.15) is 0 Å². The van der Waals surface area contributed by atoms with E-state index in [4.69, 9.17) is 17.0 Å². The zero-order chi connectivity index (χ0) is 18.1. The van der Waals surface area contributed by atoms with Gasteiger partial charge in [-0.25, -0.2) is 4.98 Å². The molecule has 3 heterocycles. The summed E-state index contributed by atoms with van der Waals surface area (Å²) in [7, 11) is 0. The maximum Gasteiger partial charge on any atom is 0.135 e. The lowest BCUT2D eigenvalue weighted by Gasteiger charge is -2.18. The molecular formula is C19H16ClN3OS2. The number of hydrogen-bond acceptors (Lipinski definition) is 5. The molecule has 26 heavy (non-hydrogen) atoms. The van der Waals surface area contributed by atoms with Crippen molar-refractivity contribution in [1.29, 1.82) is 5.41 Å². The summed E-state index contributed by atoms with van der Waals surface area (Å²) in [5, 5.41) is 24.3. The van der Waals surface area contributed by atoms with Crippen molar-refractivity contribution in [2.75, 3.05) is 13.1 Å². The number of amidine groups is 1. The molecule has 0 unspecified atom stereocenters. The second-order valence-electron chi connectivity index (χ2n) is 5.98. The number of rotatable bonds is 5. The van der Waals surface area contributed by atoms with E-state index in [1.807, 2.05) is 52.1 Å². The summed E-state index contributed by atoms with van der Waals surface area (Å²) in [6, 6.07) is 11.7. The predicted molar refractivity (Wildman–Crippen MR) is 109 cm³/mol. The van der Waals surface area contributed by atoms with Crippen LogP contribution < -0.4 is 0 Å². The fraction of sp³-hybridized carbons (Fsp3) is 0.158. The number of halogens is 1. The van der Waals surface area contributed by atoms with Crippen LogP contribution in [-0.4, -0.2) is 33.9 Å². The van der Waals surface area contributed by atoms with Crippen LogP contribution in [-0.2, 0) is 6.42 Å². The third-order valence-corrected chi connectivity index (χ3v) is 6.26. The van der Waals surface area contributed by atoms with Gasteiger partial charge >= 0.3 is 0 Å².